The summed E-state index contributed by atoms with van der Waals surface area (Å²) in [7, 11) is 2.60. The fourth-order valence-electron chi connectivity index (χ4n) is 7.50. The molecule has 12 N–H and O–H groups in total. The Bertz CT molecular complexity index is 2190. The van der Waals surface area contributed by atoms with Gasteiger partial charge in [-0.3, -0.25) is 28.8 Å². The minimum atomic E-state index is -1.78. The second-order valence-electron chi connectivity index (χ2n) is 16.3. The van der Waals surface area contributed by atoms with Crippen LogP contribution < -0.4 is 32.7 Å². The van der Waals surface area contributed by atoms with Crippen LogP contribution in [0.5, 0.6) is 11.5 Å². The molecule has 0 aromatic heterocycles. The number of aromatic hydroxyl groups is 2. The average Bonchev–Trinajstić information content (AvgIpc) is 3.27. The molecule has 352 valence electrons. The number of phenolic OH excluding ortho intramolecular Hbond substituents is 2. The molecule has 2 unspecified atom stereocenters. The number of hydrogen-bond acceptors (Lipinski definition) is 12. The smallest absolute Gasteiger partial charge is 0.326 e. The Labute approximate surface area is 377 Å². The van der Waals surface area contributed by atoms with Gasteiger partial charge in [-0.1, -0.05) is 50.5 Å². The van der Waals surface area contributed by atoms with Gasteiger partial charge in [-0.15, -0.1) is 0 Å². The normalized spacial score (nSPS) is 17.6. The number of nitrogens with one attached hydrogen (secondary N) is 4. The van der Waals surface area contributed by atoms with Crippen LogP contribution >= 0.6 is 0 Å². The van der Waals surface area contributed by atoms with E-state index < -0.39 is 84.4 Å². The third-order valence-electron chi connectivity index (χ3n) is 11.4. The summed E-state index contributed by atoms with van der Waals surface area (Å²) in [6.07, 6.45) is 3.99. The molecule has 19 nitrogen and oxygen atoms in total. The predicted molar refractivity (Wildman–Crippen MR) is 240 cm³/mol. The van der Waals surface area contributed by atoms with E-state index in [-0.39, 0.29) is 53.1 Å². The second kappa shape index (κ2) is 23.9. The van der Waals surface area contributed by atoms with Crippen molar-refractivity contribution < 1.29 is 54.0 Å². The monoisotopic (exact) mass is 902 g/mol. The number of carboxylic acids is 1. The third-order valence-corrected chi connectivity index (χ3v) is 11.4. The van der Waals surface area contributed by atoms with Crippen molar-refractivity contribution in [2.75, 3.05) is 27.2 Å². The van der Waals surface area contributed by atoms with Crippen LogP contribution in [0, 0.1) is 0 Å². The molecule has 1 aliphatic rings. The highest BCUT2D eigenvalue weighted by Crippen LogP contribution is 2.39. The summed E-state index contributed by atoms with van der Waals surface area (Å²) in [6.45, 7) is 2.90. The number of unbranched alkanes of at least 4 members (excludes halogenated alkanes) is 4. The molecular formula is C46H62N8O11. The van der Waals surface area contributed by atoms with Gasteiger partial charge in [-0.25, -0.2) is 4.79 Å². The number of benzene rings is 3. The number of likely N-dealkylation sites (N-methyl/N-ethyl adjacent to an activating group) is 2. The van der Waals surface area contributed by atoms with Gasteiger partial charge in [-0.05, 0) is 98.7 Å². The number of phenols is 2. The molecule has 0 saturated carbocycles. The van der Waals surface area contributed by atoms with Crippen molar-refractivity contribution in [2.45, 2.75) is 108 Å². The van der Waals surface area contributed by atoms with Gasteiger partial charge in [0.25, 0.3) is 11.8 Å². The molecule has 0 saturated heterocycles. The summed E-state index contributed by atoms with van der Waals surface area (Å²) in [5.41, 5.74) is 13.8. The Morgan fingerprint density at radius 2 is 1.49 bits per heavy atom. The quantitative estimate of drug-likeness (QED) is 0.0598. The van der Waals surface area contributed by atoms with E-state index in [1.165, 1.54) is 57.4 Å². The van der Waals surface area contributed by atoms with Crippen LogP contribution in [0.3, 0.4) is 0 Å². The molecule has 6 amide bonds. The number of rotatable bonds is 19. The van der Waals surface area contributed by atoms with Crippen molar-refractivity contribution in [1.82, 2.24) is 31.1 Å². The van der Waals surface area contributed by atoms with Crippen LogP contribution in [-0.2, 0) is 41.6 Å². The predicted octanol–water partition coefficient (Wildman–Crippen LogP) is 1.17. The van der Waals surface area contributed by atoms with Crippen molar-refractivity contribution in [3.63, 3.8) is 0 Å². The zero-order valence-corrected chi connectivity index (χ0v) is 37.2. The molecule has 0 spiro atoms. The topological polar surface area (TPSA) is 307 Å². The standard InChI is InChI=1S/C46H62N8O11/c1-5-6-7-8-11-27-13-16-29(17-14-27)44(62)53(3)35(25-55)41(59)52-39(48)43(61)50-33(12-9-10-21-47)45(63)54(4)38-30-18-20-37(57)32(24-30)31-22-28(15-19-36(31)56)23-34(46(64)65)51-40(58)26(2)49-42(38)60/h13-20,22,24,26,33-35,38-39,55-57H,5-12,21,23,25,47-48H2,1-4H3,(H,49,60)(H,50,61)(H,51,58)(H,52,59)(H,64,65)/t26-,33-,34?,35?,38-,39-/m0/s1. The molecule has 1 heterocycles. The number of aliphatic carboxylic acids is 1. The Morgan fingerprint density at radius 3 is 2.12 bits per heavy atom. The minimum absolute atomic E-state index is 0.00791. The lowest BCUT2D eigenvalue weighted by Gasteiger charge is -2.33. The number of aliphatic hydroxyl groups is 1. The zero-order valence-electron chi connectivity index (χ0n) is 37.2. The highest BCUT2D eigenvalue weighted by molar-refractivity contribution is 5.99. The summed E-state index contributed by atoms with van der Waals surface area (Å²) in [5.74, 6) is -7.07. The van der Waals surface area contributed by atoms with E-state index >= 15 is 0 Å². The first-order valence-corrected chi connectivity index (χ1v) is 21.7. The van der Waals surface area contributed by atoms with Crippen LogP contribution in [-0.4, -0.2) is 129 Å². The second-order valence-corrected chi connectivity index (χ2v) is 16.3. The molecule has 65 heavy (non-hydrogen) atoms. The summed E-state index contributed by atoms with van der Waals surface area (Å²) in [5, 5.41) is 51.7. The maximum Gasteiger partial charge on any atom is 0.326 e. The van der Waals surface area contributed by atoms with E-state index in [1.807, 2.05) is 12.1 Å². The summed E-state index contributed by atoms with van der Waals surface area (Å²) in [4.78, 5) is 96.5. The van der Waals surface area contributed by atoms with Crippen LogP contribution in [0.4, 0.5) is 0 Å². The number of aliphatic hydroxyl groups excluding tert-OH is 1. The zero-order chi connectivity index (χ0) is 48.0. The first kappa shape index (κ1) is 51.1. The first-order valence-electron chi connectivity index (χ1n) is 21.7. The number of hydrogen-bond donors (Lipinski definition) is 10. The van der Waals surface area contributed by atoms with Gasteiger partial charge in [-0.2, -0.15) is 0 Å². The van der Waals surface area contributed by atoms with E-state index in [9.17, 15) is 54.0 Å². The van der Waals surface area contributed by atoms with Gasteiger partial charge in [0.05, 0.1) is 6.61 Å². The number of nitrogens with zero attached hydrogens (tertiary/aromatic N) is 2. The average molecular weight is 903 g/mol. The van der Waals surface area contributed by atoms with Crippen LogP contribution in [0.15, 0.2) is 60.7 Å². The van der Waals surface area contributed by atoms with E-state index in [4.69, 9.17) is 11.5 Å². The molecule has 4 rings (SSSR count). The molecule has 4 bridgehead atoms. The van der Waals surface area contributed by atoms with Gasteiger partial charge in [0.2, 0.25) is 23.6 Å². The number of carbonyl (C=O) groups excluding carboxylic acids is 6. The highest BCUT2D eigenvalue weighted by atomic mass is 16.4. The van der Waals surface area contributed by atoms with Crippen LogP contribution in [0.1, 0.15) is 91.9 Å². The number of aryl methyl sites for hydroxylation is 1. The third kappa shape index (κ3) is 13.5. The molecular weight excluding hydrogens is 841 g/mol. The Hall–Kier alpha value is -6.57. The van der Waals surface area contributed by atoms with Gasteiger partial charge < -0.3 is 63.0 Å². The Morgan fingerprint density at radius 1 is 0.831 bits per heavy atom. The van der Waals surface area contributed by atoms with Gasteiger partial charge >= 0.3 is 5.97 Å². The van der Waals surface area contributed by atoms with Crippen LogP contribution in [0.25, 0.3) is 11.1 Å². The largest absolute Gasteiger partial charge is 0.507 e. The number of carboxylic acid groups (broad SMARTS) is 1. The molecule has 3 aromatic carbocycles. The van der Waals surface area contributed by atoms with E-state index in [2.05, 4.69) is 28.2 Å². The molecule has 0 radical (unpaired) electrons. The van der Waals surface area contributed by atoms with Gasteiger partial charge in [0.1, 0.15) is 41.7 Å². The number of amides is 6. The van der Waals surface area contributed by atoms with Crippen molar-refractivity contribution in [1.29, 1.82) is 0 Å². The van der Waals surface area contributed by atoms with E-state index in [0.29, 0.717) is 18.4 Å². The Kier molecular flexibility index (Phi) is 18.8. The lowest BCUT2D eigenvalue weighted by molar-refractivity contribution is -0.144. The maximum absolute atomic E-state index is 14.5. The minimum Gasteiger partial charge on any atom is -0.507 e. The van der Waals surface area contributed by atoms with Crippen molar-refractivity contribution >= 4 is 41.4 Å². The number of fused-ring (bicyclic) bond motifs is 5. The molecule has 3 aromatic rings. The first-order chi connectivity index (χ1) is 30.9. The fraction of sp³-hybridized carbons (Fsp3) is 0.457. The fourth-order valence-corrected chi connectivity index (χ4v) is 7.50. The summed E-state index contributed by atoms with van der Waals surface area (Å²) >= 11 is 0. The molecule has 0 aliphatic carbocycles. The van der Waals surface area contributed by atoms with Crippen molar-refractivity contribution in [2.24, 2.45) is 11.5 Å². The highest BCUT2D eigenvalue weighted by Gasteiger charge is 2.37. The Balaban J connectivity index is 1.58. The lowest BCUT2D eigenvalue weighted by atomic mass is 9.93. The summed E-state index contributed by atoms with van der Waals surface area (Å²) in [6, 6.07) is 8.01. The maximum atomic E-state index is 14.5. The van der Waals surface area contributed by atoms with Crippen LogP contribution in [0.2, 0.25) is 0 Å². The van der Waals surface area contributed by atoms with Crippen molar-refractivity contribution in [3.8, 4) is 22.6 Å². The molecule has 19 heteroatoms. The van der Waals surface area contributed by atoms with E-state index in [1.54, 1.807) is 12.1 Å². The SMILES string of the molecule is CCCCCCc1ccc(C(=O)N(C)C(CO)C(=O)N[C@H](N)C(=O)N[C@@H](CCCCN)C(=O)N(C)[C@@H]2C(=O)N[C@@H](C)C(=O)NC(C(=O)O)Cc3ccc(O)c(c3)-c3cc2ccc3O)cc1. The van der Waals surface area contributed by atoms with E-state index in [0.717, 1.165) is 47.5 Å². The van der Waals surface area contributed by atoms with Gasteiger partial charge in [0, 0.05) is 37.2 Å². The molecule has 1 aliphatic heterocycles. The van der Waals surface area contributed by atoms with Crippen molar-refractivity contribution in [3.05, 3.63) is 82.9 Å². The molecule has 0 fully saturated rings. The lowest BCUT2D eigenvalue weighted by Crippen LogP contribution is -2.61. The van der Waals surface area contributed by atoms with Gasteiger partial charge in [0.15, 0.2) is 6.17 Å². The number of nitrogens with two attached hydrogens (primary N) is 2. The number of carbonyl (C=O) groups is 7. The molecule has 6 atom stereocenters. The summed E-state index contributed by atoms with van der Waals surface area (Å²) < 4.78 is 0.